The van der Waals surface area contributed by atoms with E-state index in [4.69, 9.17) is 16.7 Å². The molecule has 0 aliphatic carbocycles. The van der Waals surface area contributed by atoms with Crippen molar-refractivity contribution in [2.24, 2.45) is 0 Å². The third kappa shape index (κ3) is 2.18. The molecule has 3 aromatic rings. The molecule has 1 N–H and O–H groups in total. The summed E-state index contributed by atoms with van der Waals surface area (Å²) in [4.78, 5) is 15.4. The monoisotopic (exact) mass is 272 g/mol. The molecule has 2 aromatic heterocycles. The number of carboxylic acid groups (broad SMARTS) is 1. The van der Waals surface area contributed by atoms with Gasteiger partial charge in [-0.2, -0.15) is 0 Å². The summed E-state index contributed by atoms with van der Waals surface area (Å²) in [5.41, 5.74) is 2.65. The lowest BCUT2D eigenvalue weighted by Crippen LogP contribution is -1.97. The number of aromatic carboxylic acids is 1. The first-order valence-electron chi connectivity index (χ1n) is 5.61. The lowest BCUT2D eigenvalue weighted by atomic mass is 10.2. The molecular weight excluding hydrogens is 264 g/mol. The average Bonchev–Trinajstić information content (AvgIpc) is 2.82. The Labute approximate surface area is 113 Å². The Morgan fingerprint density at radius 2 is 1.84 bits per heavy atom. The number of carboxylic acids is 1. The number of pyridine rings is 1. The topological polar surface area (TPSA) is 54.6 Å². The molecule has 5 heteroatoms. The number of nitrogens with zero attached hydrogens (tertiary/aromatic N) is 2. The van der Waals surface area contributed by atoms with Crippen LogP contribution in [0.25, 0.3) is 16.9 Å². The second-order valence-electron chi connectivity index (χ2n) is 4.12. The highest BCUT2D eigenvalue weighted by atomic mass is 35.5. The van der Waals surface area contributed by atoms with Gasteiger partial charge in [0, 0.05) is 23.0 Å². The third-order valence-corrected chi connectivity index (χ3v) is 3.09. The zero-order chi connectivity index (χ0) is 13.4. The summed E-state index contributed by atoms with van der Waals surface area (Å²) in [5.74, 6) is -0.955. The number of fused-ring (bicyclic) bond motifs is 1. The van der Waals surface area contributed by atoms with Crippen molar-refractivity contribution < 1.29 is 9.90 Å². The summed E-state index contributed by atoms with van der Waals surface area (Å²) in [6, 6.07) is 10.6. The molecule has 0 spiro atoms. The Kier molecular flexibility index (Phi) is 2.72. The van der Waals surface area contributed by atoms with Gasteiger partial charge in [-0.05, 0) is 24.3 Å². The minimum atomic E-state index is -0.955. The first-order valence-corrected chi connectivity index (χ1v) is 5.99. The standard InChI is InChI=1S/C14H9ClN2O2/c15-11-4-1-9(2-5-11)12-8-17-7-10(14(18)19)3-6-13(17)16-12/h1-8H,(H,18,19). The van der Waals surface area contributed by atoms with E-state index in [1.54, 1.807) is 35.0 Å². The van der Waals surface area contributed by atoms with Crippen LogP contribution < -0.4 is 0 Å². The first-order chi connectivity index (χ1) is 9.13. The van der Waals surface area contributed by atoms with Crippen LogP contribution in [0.1, 0.15) is 10.4 Å². The van der Waals surface area contributed by atoms with E-state index in [1.165, 1.54) is 6.07 Å². The average molecular weight is 273 g/mol. The van der Waals surface area contributed by atoms with Gasteiger partial charge in [0.2, 0.25) is 0 Å². The molecule has 0 bridgehead atoms. The molecule has 0 saturated carbocycles. The van der Waals surface area contributed by atoms with Crippen molar-refractivity contribution in [3.05, 3.63) is 59.4 Å². The largest absolute Gasteiger partial charge is 0.478 e. The fourth-order valence-electron chi connectivity index (χ4n) is 1.88. The molecule has 2 heterocycles. The Balaban J connectivity index is 2.11. The summed E-state index contributed by atoms with van der Waals surface area (Å²) in [6.07, 6.45) is 3.34. The molecule has 3 rings (SSSR count). The molecule has 94 valence electrons. The number of imidazole rings is 1. The van der Waals surface area contributed by atoms with Crippen LogP contribution in [0, 0.1) is 0 Å². The number of rotatable bonds is 2. The van der Waals surface area contributed by atoms with Crippen molar-refractivity contribution in [3.63, 3.8) is 0 Å². The van der Waals surface area contributed by atoms with Crippen molar-refractivity contribution in [2.75, 3.05) is 0 Å². The van der Waals surface area contributed by atoms with Gasteiger partial charge in [0.1, 0.15) is 5.65 Å². The number of carbonyl (C=O) groups is 1. The molecule has 0 aliphatic heterocycles. The second-order valence-corrected chi connectivity index (χ2v) is 4.56. The highest BCUT2D eigenvalue weighted by Crippen LogP contribution is 2.21. The number of hydrogen-bond acceptors (Lipinski definition) is 2. The Bertz CT molecular complexity index is 763. The van der Waals surface area contributed by atoms with Crippen LogP contribution in [0.5, 0.6) is 0 Å². The normalized spacial score (nSPS) is 10.8. The Hall–Kier alpha value is -2.33. The molecule has 0 saturated heterocycles. The van der Waals surface area contributed by atoms with Gasteiger partial charge in [0.15, 0.2) is 0 Å². The van der Waals surface area contributed by atoms with Gasteiger partial charge in [-0.1, -0.05) is 23.7 Å². The van der Waals surface area contributed by atoms with E-state index in [0.717, 1.165) is 11.3 Å². The molecule has 0 aliphatic rings. The summed E-state index contributed by atoms with van der Waals surface area (Å²) in [5, 5.41) is 9.62. The lowest BCUT2D eigenvalue weighted by Gasteiger charge is -1.95. The summed E-state index contributed by atoms with van der Waals surface area (Å²) in [7, 11) is 0. The molecule has 0 unspecified atom stereocenters. The fourth-order valence-corrected chi connectivity index (χ4v) is 2.00. The Morgan fingerprint density at radius 1 is 1.11 bits per heavy atom. The van der Waals surface area contributed by atoms with Gasteiger partial charge in [-0.15, -0.1) is 0 Å². The minimum absolute atomic E-state index is 0.229. The van der Waals surface area contributed by atoms with Crippen molar-refractivity contribution >= 4 is 23.2 Å². The molecule has 1 aromatic carbocycles. The second kappa shape index (κ2) is 4.40. The molecule has 0 atom stereocenters. The van der Waals surface area contributed by atoms with Crippen LogP contribution in [-0.2, 0) is 0 Å². The number of aromatic nitrogens is 2. The van der Waals surface area contributed by atoms with Gasteiger partial charge in [0.25, 0.3) is 0 Å². The van der Waals surface area contributed by atoms with E-state index in [-0.39, 0.29) is 5.56 Å². The molecule has 19 heavy (non-hydrogen) atoms. The molecule has 4 nitrogen and oxygen atoms in total. The van der Waals surface area contributed by atoms with Gasteiger partial charge in [-0.25, -0.2) is 9.78 Å². The van der Waals surface area contributed by atoms with Crippen LogP contribution in [0.4, 0.5) is 0 Å². The highest BCUT2D eigenvalue weighted by molar-refractivity contribution is 6.30. The fraction of sp³-hybridized carbons (Fsp3) is 0. The number of hydrogen-bond donors (Lipinski definition) is 1. The maximum absolute atomic E-state index is 10.9. The zero-order valence-electron chi connectivity index (χ0n) is 9.75. The number of benzene rings is 1. The maximum atomic E-state index is 10.9. The highest BCUT2D eigenvalue weighted by Gasteiger charge is 2.07. The molecule has 0 radical (unpaired) electrons. The predicted molar refractivity (Wildman–Crippen MR) is 72.6 cm³/mol. The quantitative estimate of drug-likeness (QED) is 0.778. The van der Waals surface area contributed by atoms with Crippen molar-refractivity contribution in [3.8, 4) is 11.3 Å². The van der Waals surface area contributed by atoms with Gasteiger partial charge >= 0.3 is 5.97 Å². The smallest absolute Gasteiger partial charge is 0.337 e. The van der Waals surface area contributed by atoms with Crippen LogP contribution in [-0.4, -0.2) is 20.5 Å². The van der Waals surface area contributed by atoms with E-state index in [1.807, 2.05) is 12.1 Å². The SMILES string of the molecule is O=C(O)c1ccc2nc(-c3ccc(Cl)cc3)cn2c1. The molecular formula is C14H9ClN2O2. The summed E-state index contributed by atoms with van der Waals surface area (Å²) < 4.78 is 1.70. The zero-order valence-corrected chi connectivity index (χ0v) is 10.5. The van der Waals surface area contributed by atoms with Crippen LogP contribution in [0.2, 0.25) is 5.02 Å². The number of halogens is 1. The molecule has 0 amide bonds. The van der Waals surface area contributed by atoms with Crippen LogP contribution >= 0.6 is 11.6 Å². The molecule has 0 fully saturated rings. The van der Waals surface area contributed by atoms with E-state index >= 15 is 0 Å². The maximum Gasteiger partial charge on any atom is 0.337 e. The van der Waals surface area contributed by atoms with Gasteiger partial charge in [0.05, 0.1) is 11.3 Å². The predicted octanol–water partition coefficient (Wildman–Crippen LogP) is 3.35. The third-order valence-electron chi connectivity index (χ3n) is 2.84. The van der Waals surface area contributed by atoms with Crippen molar-refractivity contribution in [2.45, 2.75) is 0 Å². The van der Waals surface area contributed by atoms with Crippen molar-refractivity contribution in [1.82, 2.24) is 9.38 Å². The lowest BCUT2D eigenvalue weighted by molar-refractivity contribution is 0.0696. The first kappa shape index (κ1) is 11.7. The van der Waals surface area contributed by atoms with Crippen molar-refractivity contribution in [1.29, 1.82) is 0 Å². The Morgan fingerprint density at radius 3 is 2.53 bits per heavy atom. The van der Waals surface area contributed by atoms with Crippen LogP contribution in [0.15, 0.2) is 48.8 Å². The van der Waals surface area contributed by atoms with E-state index in [2.05, 4.69) is 4.98 Å². The van der Waals surface area contributed by atoms with Crippen LogP contribution in [0.3, 0.4) is 0 Å². The summed E-state index contributed by atoms with van der Waals surface area (Å²) in [6.45, 7) is 0. The minimum Gasteiger partial charge on any atom is -0.478 e. The van der Waals surface area contributed by atoms with E-state index in [9.17, 15) is 4.79 Å². The van der Waals surface area contributed by atoms with E-state index < -0.39 is 5.97 Å². The van der Waals surface area contributed by atoms with Gasteiger partial charge in [-0.3, -0.25) is 0 Å². The summed E-state index contributed by atoms with van der Waals surface area (Å²) >= 11 is 5.84. The van der Waals surface area contributed by atoms with Gasteiger partial charge < -0.3 is 9.51 Å². The van der Waals surface area contributed by atoms with E-state index in [0.29, 0.717) is 10.7 Å².